The normalized spacial score (nSPS) is 14.2. The lowest BCUT2D eigenvalue weighted by Gasteiger charge is -2.32. The number of aliphatic hydroxyl groups is 1. The molecule has 0 spiro atoms. The van der Waals surface area contributed by atoms with Gasteiger partial charge < -0.3 is 15.7 Å². The maximum absolute atomic E-state index is 12.1. The molecule has 0 aromatic heterocycles. The van der Waals surface area contributed by atoms with Crippen LogP contribution < -0.4 is 10.6 Å². The maximum Gasteiger partial charge on any atom is 0.315 e. The number of rotatable bonds is 7. The second-order valence-corrected chi connectivity index (χ2v) is 7.08. The van der Waals surface area contributed by atoms with E-state index in [0.717, 1.165) is 6.42 Å². The lowest BCUT2D eigenvalue weighted by Crippen LogP contribution is -2.49. The fraction of sp³-hybridized carbons (Fsp3) is 0.611. The van der Waals surface area contributed by atoms with Gasteiger partial charge in [0.15, 0.2) is 0 Å². The molecule has 0 heterocycles. The highest BCUT2D eigenvalue weighted by Gasteiger charge is 2.26. The van der Waals surface area contributed by atoms with Crippen LogP contribution in [0.4, 0.5) is 4.79 Å². The number of nitrogens with one attached hydrogen (secondary N) is 2. The zero-order chi connectivity index (χ0) is 16.6. The Morgan fingerprint density at radius 3 is 2.41 bits per heavy atom. The van der Waals surface area contributed by atoms with E-state index in [1.165, 1.54) is 5.56 Å². The molecule has 0 bridgehead atoms. The molecule has 4 nitrogen and oxygen atoms in total. The smallest absolute Gasteiger partial charge is 0.315 e. The molecule has 3 N–H and O–H groups in total. The maximum atomic E-state index is 12.1. The molecule has 2 atom stereocenters. The largest absolute Gasteiger partial charge is 0.396 e. The summed E-state index contributed by atoms with van der Waals surface area (Å²) < 4.78 is 0. The Morgan fingerprint density at radius 2 is 1.86 bits per heavy atom. The van der Waals surface area contributed by atoms with Crippen molar-refractivity contribution in [3.8, 4) is 0 Å². The quantitative estimate of drug-likeness (QED) is 0.725. The number of amides is 2. The Morgan fingerprint density at radius 1 is 1.23 bits per heavy atom. The van der Waals surface area contributed by atoms with Crippen molar-refractivity contribution >= 4 is 6.03 Å². The number of hydrogen-bond acceptors (Lipinski definition) is 2. The van der Waals surface area contributed by atoms with Crippen LogP contribution in [0.25, 0.3) is 0 Å². The molecule has 124 valence electrons. The topological polar surface area (TPSA) is 61.4 Å². The average molecular weight is 306 g/mol. The molecule has 0 aliphatic rings. The van der Waals surface area contributed by atoms with Gasteiger partial charge in [0.2, 0.25) is 0 Å². The van der Waals surface area contributed by atoms with Crippen LogP contribution in [-0.4, -0.2) is 30.3 Å². The summed E-state index contributed by atoms with van der Waals surface area (Å²) in [6.45, 7) is 9.15. The minimum Gasteiger partial charge on any atom is -0.396 e. The molecule has 1 aromatic rings. The molecule has 1 aromatic carbocycles. The molecular formula is C18H30N2O2. The van der Waals surface area contributed by atoms with Crippen molar-refractivity contribution < 1.29 is 9.90 Å². The number of hydrogen-bond donors (Lipinski definition) is 3. The molecule has 0 saturated carbocycles. The van der Waals surface area contributed by atoms with Gasteiger partial charge in [-0.15, -0.1) is 0 Å². The van der Waals surface area contributed by atoms with Crippen LogP contribution in [-0.2, 0) is 6.42 Å². The van der Waals surface area contributed by atoms with Crippen LogP contribution in [0.1, 0.15) is 39.7 Å². The number of urea groups is 1. The Balaban J connectivity index is 2.56. The highest BCUT2D eigenvalue weighted by Crippen LogP contribution is 2.22. The molecule has 0 radical (unpaired) electrons. The Labute approximate surface area is 134 Å². The van der Waals surface area contributed by atoms with Crippen LogP contribution in [0.2, 0.25) is 0 Å². The third kappa shape index (κ3) is 6.94. The van der Waals surface area contributed by atoms with Gasteiger partial charge in [-0.25, -0.2) is 4.79 Å². The van der Waals surface area contributed by atoms with Crippen LogP contribution in [0, 0.1) is 11.3 Å². The zero-order valence-corrected chi connectivity index (χ0v) is 14.2. The van der Waals surface area contributed by atoms with Crippen molar-refractivity contribution in [2.45, 2.75) is 46.6 Å². The monoisotopic (exact) mass is 306 g/mol. The molecule has 22 heavy (non-hydrogen) atoms. The minimum atomic E-state index is -0.138. The van der Waals surface area contributed by atoms with E-state index in [4.69, 9.17) is 5.11 Å². The number of carbonyl (C=O) groups is 1. The highest BCUT2D eigenvalue weighted by atomic mass is 16.3. The van der Waals surface area contributed by atoms with Crippen LogP contribution in [0.15, 0.2) is 30.3 Å². The summed E-state index contributed by atoms with van der Waals surface area (Å²) in [7, 11) is 0. The van der Waals surface area contributed by atoms with Gasteiger partial charge in [-0.2, -0.15) is 0 Å². The van der Waals surface area contributed by atoms with E-state index in [9.17, 15) is 4.79 Å². The van der Waals surface area contributed by atoms with E-state index >= 15 is 0 Å². The molecule has 0 saturated heterocycles. The van der Waals surface area contributed by atoms with E-state index in [0.29, 0.717) is 13.0 Å². The summed E-state index contributed by atoms with van der Waals surface area (Å²) in [6, 6.07) is 10.1. The molecule has 1 rings (SSSR count). The van der Waals surface area contributed by atoms with Crippen molar-refractivity contribution in [3.63, 3.8) is 0 Å². The predicted molar refractivity (Wildman–Crippen MR) is 90.8 cm³/mol. The van der Waals surface area contributed by atoms with Gasteiger partial charge in [0.05, 0.1) is 0 Å². The first-order valence-electron chi connectivity index (χ1n) is 8.02. The van der Waals surface area contributed by atoms with Crippen molar-refractivity contribution in [3.05, 3.63) is 35.9 Å². The number of aliphatic hydroxyl groups excluding tert-OH is 1. The fourth-order valence-electron chi connectivity index (χ4n) is 2.22. The average Bonchev–Trinajstić information content (AvgIpc) is 2.45. The van der Waals surface area contributed by atoms with E-state index < -0.39 is 0 Å². The zero-order valence-electron chi connectivity index (χ0n) is 14.2. The first-order chi connectivity index (χ1) is 10.3. The standard InChI is InChI=1S/C18H30N2O2/c1-14(10-11-21)13-19-17(22)20-16(18(2,3)4)12-15-8-6-5-7-9-15/h5-9,14,16,21H,10-13H2,1-4H3,(H2,19,20,22). The Bertz CT molecular complexity index is 440. The van der Waals surface area contributed by atoms with Crippen LogP contribution >= 0.6 is 0 Å². The van der Waals surface area contributed by atoms with Crippen molar-refractivity contribution in [1.29, 1.82) is 0 Å². The second-order valence-electron chi connectivity index (χ2n) is 7.08. The second kappa shape index (κ2) is 8.79. The molecule has 2 amide bonds. The molecule has 0 aliphatic heterocycles. The third-order valence-electron chi connectivity index (χ3n) is 3.87. The Hall–Kier alpha value is -1.55. The first-order valence-corrected chi connectivity index (χ1v) is 8.02. The van der Waals surface area contributed by atoms with Crippen LogP contribution in [0.5, 0.6) is 0 Å². The molecule has 2 unspecified atom stereocenters. The van der Waals surface area contributed by atoms with Crippen molar-refractivity contribution in [2.24, 2.45) is 11.3 Å². The summed E-state index contributed by atoms with van der Waals surface area (Å²) in [6.07, 6.45) is 1.51. The lowest BCUT2D eigenvalue weighted by atomic mass is 9.83. The van der Waals surface area contributed by atoms with E-state index in [-0.39, 0.29) is 30.0 Å². The SMILES string of the molecule is CC(CCO)CNC(=O)NC(Cc1ccccc1)C(C)(C)C. The van der Waals surface area contributed by atoms with Gasteiger partial charge in [-0.1, -0.05) is 58.0 Å². The lowest BCUT2D eigenvalue weighted by molar-refractivity contribution is 0.213. The van der Waals surface area contributed by atoms with E-state index in [2.05, 4.69) is 43.5 Å². The molecule has 4 heteroatoms. The Kier molecular flexibility index (Phi) is 7.39. The fourth-order valence-corrected chi connectivity index (χ4v) is 2.22. The van der Waals surface area contributed by atoms with Gasteiger partial charge in [0.25, 0.3) is 0 Å². The summed E-state index contributed by atoms with van der Waals surface area (Å²) in [5.41, 5.74) is 1.19. The first kappa shape index (κ1) is 18.5. The summed E-state index contributed by atoms with van der Waals surface area (Å²) in [5.74, 6) is 0.276. The van der Waals surface area contributed by atoms with Gasteiger partial charge >= 0.3 is 6.03 Å². The molecular weight excluding hydrogens is 276 g/mol. The van der Waals surface area contributed by atoms with Gasteiger partial charge in [-0.05, 0) is 29.7 Å². The van der Waals surface area contributed by atoms with Crippen molar-refractivity contribution in [1.82, 2.24) is 10.6 Å². The third-order valence-corrected chi connectivity index (χ3v) is 3.87. The van der Waals surface area contributed by atoms with Gasteiger partial charge in [-0.3, -0.25) is 0 Å². The summed E-state index contributed by atoms with van der Waals surface area (Å²) in [4.78, 5) is 12.1. The molecule has 0 aliphatic carbocycles. The van der Waals surface area contributed by atoms with Crippen LogP contribution in [0.3, 0.4) is 0 Å². The van der Waals surface area contributed by atoms with Gasteiger partial charge in [0, 0.05) is 19.2 Å². The highest BCUT2D eigenvalue weighted by molar-refractivity contribution is 5.74. The number of carbonyl (C=O) groups excluding carboxylic acids is 1. The van der Waals surface area contributed by atoms with Crippen molar-refractivity contribution in [2.75, 3.05) is 13.2 Å². The minimum absolute atomic E-state index is 0.0239. The van der Waals surface area contributed by atoms with Gasteiger partial charge in [0.1, 0.15) is 0 Å². The van der Waals surface area contributed by atoms with E-state index in [1.54, 1.807) is 0 Å². The number of benzene rings is 1. The molecule has 0 fully saturated rings. The predicted octanol–water partition coefficient (Wildman–Crippen LogP) is 2.96. The summed E-state index contributed by atoms with van der Waals surface area (Å²) in [5, 5.41) is 14.9. The summed E-state index contributed by atoms with van der Waals surface area (Å²) >= 11 is 0. The van der Waals surface area contributed by atoms with E-state index in [1.807, 2.05) is 25.1 Å².